The lowest BCUT2D eigenvalue weighted by Crippen LogP contribution is -2.17. The summed E-state index contributed by atoms with van der Waals surface area (Å²) in [7, 11) is 1.68. The fraction of sp³-hybridized carbons (Fsp3) is 0.237. The third-order valence-electron chi connectivity index (χ3n) is 8.37. The normalized spacial score (nSPS) is 13.6. The van der Waals surface area contributed by atoms with Crippen molar-refractivity contribution >= 4 is 39.1 Å². The van der Waals surface area contributed by atoms with E-state index in [2.05, 4.69) is 38.0 Å². The molecular weight excluding hydrogens is 694 g/mol. The van der Waals surface area contributed by atoms with Crippen LogP contribution >= 0.6 is 27.5 Å². The second kappa shape index (κ2) is 15.1. The number of Topliss-reactive ketones (excluding diaryl/α,β-unsaturated/α-hetero) is 2. The Balaban J connectivity index is 0.000000177. The van der Waals surface area contributed by atoms with E-state index < -0.39 is 0 Å². The van der Waals surface area contributed by atoms with E-state index in [0.717, 1.165) is 55.6 Å². The van der Waals surface area contributed by atoms with Crippen LogP contribution in [-0.4, -0.2) is 26.1 Å². The molecule has 3 heterocycles. The highest BCUT2D eigenvalue weighted by atomic mass is 79.9. The number of carbonyl (C=O) groups is 2. The molecule has 2 aliphatic carbocycles. The van der Waals surface area contributed by atoms with Gasteiger partial charge in [0.25, 0.3) is 5.56 Å². The van der Waals surface area contributed by atoms with E-state index in [1.165, 1.54) is 10.1 Å². The number of hydrogen-bond acceptors (Lipinski definition) is 7. The van der Waals surface area contributed by atoms with Gasteiger partial charge in [-0.15, -0.1) is 0 Å². The molecule has 0 N–H and O–H groups in total. The fourth-order valence-electron chi connectivity index (χ4n) is 5.88. The summed E-state index contributed by atoms with van der Waals surface area (Å²) in [6, 6.07) is 17.3. The molecule has 0 atom stereocenters. The van der Waals surface area contributed by atoms with Crippen LogP contribution in [0.5, 0.6) is 11.5 Å². The van der Waals surface area contributed by atoms with E-state index in [-0.39, 0.29) is 22.1 Å². The highest BCUT2D eigenvalue weighted by Crippen LogP contribution is 2.35. The summed E-state index contributed by atoms with van der Waals surface area (Å²) in [6.07, 6.45) is 12.3. The van der Waals surface area contributed by atoms with Gasteiger partial charge in [0.1, 0.15) is 41.3 Å². The fourth-order valence-corrected chi connectivity index (χ4v) is 6.61. The van der Waals surface area contributed by atoms with Gasteiger partial charge in [0.2, 0.25) is 0 Å². The highest BCUT2D eigenvalue weighted by Gasteiger charge is 2.22. The van der Waals surface area contributed by atoms with E-state index in [4.69, 9.17) is 21.1 Å². The molecule has 8 nitrogen and oxygen atoms in total. The van der Waals surface area contributed by atoms with Gasteiger partial charge in [-0.2, -0.15) is 0 Å². The first kappa shape index (κ1) is 33.3. The third-order valence-corrected chi connectivity index (χ3v) is 9.10. The van der Waals surface area contributed by atoms with Gasteiger partial charge in [0.05, 0.1) is 0 Å². The number of hydrogen-bond donors (Lipinski definition) is 0. The lowest BCUT2D eigenvalue weighted by atomic mass is 9.87. The zero-order valence-electron chi connectivity index (χ0n) is 26.4. The van der Waals surface area contributed by atoms with Gasteiger partial charge < -0.3 is 14.0 Å². The smallest absolute Gasteiger partial charge is 0.269 e. The molecular formula is C38H33BrClN3O5. The van der Waals surface area contributed by atoms with E-state index >= 15 is 0 Å². The zero-order chi connectivity index (χ0) is 33.6. The number of carbonyl (C=O) groups excluding carboxylic acids is 2. The Morgan fingerprint density at radius 2 is 1.31 bits per heavy atom. The van der Waals surface area contributed by atoms with Crippen LogP contribution < -0.4 is 15.0 Å². The maximum absolute atomic E-state index is 12.0. The molecule has 0 radical (unpaired) electrons. The molecule has 2 aliphatic rings. The first-order valence-corrected chi connectivity index (χ1v) is 16.8. The molecule has 0 bridgehead atoms. The predicted molar refractivity (Wildman–Crippen MR) is 187 cm³/mol. The maximum atomic E-state index is 12.0. The molecule has 0 saturated carbocycles. The van der Waals surface area contributed by atoms with Crippen LogP contribution in [0.15, 0.2) is 94.8 Å². The summed E-state index contributed by atoms with van der Waals surface area (Å²) in [5.41, 5.74) is 7.76. The molecule has 0 fully saturated rings. The molecule has 0 unspecified atom stereocenters. The average molecular weight is 727 g/mol. The predicted octanol–water partition coefficient (Wildman–Crippen LogP) is 7.22. The molecule has 10 heteroatoms. The van der Waals surface area contributed by atoms with Gasteiger partial charge >= 0.3 is 0 Å². The standard InChI is InChI=1S/C22H19ClN2O3.C16H14BrNO2/c1-25-12-17(8-20(23)22(25)27)16-7-15-4-5-18(26)10-19(15)21(9-16)28-13-14-3-2-6-24-11-14;17-13-6-12-3-4-14(19)8-15(12)16(7-13)20-10-11-2-1-5-18-9-11/h2-3,6-9,11-12H,4-5,10,13H2,1H3;1-2,5-7,9H,3-4,8,10H2. The van der Waals surface area contributed by atoms with E-state index in [9.17, 15) is 14.4 Å². The van der Waals surface area contributed by atoms with Gasteiger partial charge in [0.15, 0.2) is 0 Å². The molecule has 5 aromatic rings. The molecule has 3 aromatic heterocycles. The Labute approximate surface area is 291 Å². The minimum atomic E-state index is -0.234. The van der Waals surface area contributed by atoms with Crippen molar-refractivity contribution in [2.75, 3.05) is 0 Å². The number of halogens is 2. The summed E-state index contributed by atoms with van der Waals surface area (Å²) >= 11 is 9.60. The number of rotatable bonds is 7. The minimum Gasteiger partial charge on any atom is -0.489 e. The van der Waals surface area contributed by atoms with Crippen LogP contribution in [0, 0.1) is 0 Å². The topological polar surface area (TPSA) is 100 Å². The van der Waals surface area contributed by atoms with Gasteiger partial charge in [-0.3, -0.25) is 24.4 Å². The minimum absolute atomic E-state index is 0.172. The van der Waals surface area contributed by atoms with Crippen molar-refractivity contribution in [3.8, 4) is 22.6 Å². The number of nitrogens with zero attached hydrogens (tertiary/aromatic N) is 3. The van der Waals surface area contributed by atoms with Crippen molar-refractivity contribution in [2.24, 2.45) is 7.05 Å². The lowest BCUT2D eigenvalue weighted by Gasteiger charge is -2.21. The quantitative estimate of drug-likeness (QED) is 0.175. The number of benzene rings is 2. The molecule has 0 saturated heterocycles. The Morgan fingerprint density at radius 1 is 0.750 bits per heavy atom. The highest BCUT2D eigenvalue weighted by molar-refractivity contribution is 9.10. The summed E-state index contributed by atoms with van der Waals surface area (Å²) in [5, 5.41) is 0.172. The molecule has 0 aliphatic heterocycles. The van der Waals surface area contributed by atoms with Crippen molar-refractivity contribution in [3.05, 3.63) is 139 Å². The van der Waals surface area contributed by atoms with E-state index in [0.29, 0.717) is 51.1 Å². The molecule has 244 valence electrons. The lowest BCUT2D eigenvalue weighted by molar-refractivity contribution is -0.119. The number of aromatic nitrogens is 3. The van der Waals surface area contributed by atoms with Crippen LogP contribution in [0.1, 0.15) is 46.2 Å². The van der Waals surface area contributed by atoms with Crippen LogP contribution in [0.2, 0.25) is 5.02 Å². The largest absolute Gasteiger partial charge is 0.489 e. The van der Waals surface area contributed by atoms with Crippen molar-refractivity contribution in [1.29, 1.82) is 0 Å². The first-order valence-electron chi connectivity index (χ1n) is 15.6. The Bertz CT molecular complexity index is 2010. The van der Waals surface area contributed by atoms with Gasteiger partial charge in [0, 0.05) is 90.4 Å². The maximum Gasteiger partial charge on any atom is 0.269 e. The molecule has 2 aromatic carbocycles. The SMILES string of the molecule is Cn1cc(-c2cc3c(c(OCc4cccnc4)c2)CC(=O)CC3)cc(Cl)c1=O.O=C1CCc2cc(Br)cc(OCc3cccnc3)c2C1. The van der Waals surface area contributed by atoms with Crippen LogP contribution in [0.25, 0.3) is 11.1 Å². The summed E-state index contributed by atoms with van der Waals surface area (Å²) in [5.74, 6) is 1.99. The molecule has 0 amide bonds. The van der Waals surface area contributed by atoms with Gasteiger partial charge in [-0.25, -0.2) is 0 Å². The Morgan fingerprint density at radius 3 is 1.85 bits per heavy atom. The molecule has 0 spiro atoms. The van der Waals surface area contributed by atoms with E-state index in [1.807, 2.05) is 36.4 Å². The Kier molecular flexibility index (Phi) is 10.5. The van der Waals surface area contributed by atoms with Gasteiger partial charge in [-0.1, -0.05) is 45.7 Å². The molecule has 48 heavy (non-hydrogen) atoms. The van der Waals surface area contributed by atoms with Crippen molar-refractivity contribution in [2.45, 2.75) is 51.7 Å². The van der Waals surface area contributed by atoms with Gasteiger partial charge in [-0.05, 0) is 71.5 Å². The number of aryl methyl sites for hydroxylation is 3. The van der Waals surface area contributed by atoms with Crippen molar-refractivity contribution in [3.63, 3.8) is 0 Å². The zero-order valence-corrected chi connectivity index (χ0v) is 28.7. The van der Waals surface area contributed by atoms with Crippen molar-refractivity contribution < 1.29 is 19.1 Å². The van der Waals surface area contributed by atoms with Crippen molar-refractivity contribution in [1.82, 2.24) is 14.5 Å². The molecule has 7 rings (SSSR count). The second-order valence-electron chi connectivity index (χ2n) is 11.9. The van der Waals surface area contributed by atoms with Crippen LogP contribution in [0.4, 0.5) is 0 Å². The van der Waals surface area contributed by atoms with E-state index in [1.54, 1.807) is 44.1 Å². The van der Waals surface area contributed by atoms with Crippen LogP contribution in [-0.2, 0) is 55.5 Å². The first-order chi connectivity index (χ1) is 23.2. The number of fused-ring (bicyclic) bond motifs is 2. The summed E-state index contributed by atoms with van der Waals surface area (Å²) in [6.45, 7) is 0.830. The van der Waals surface area contributed by atoms with Crippen LogP contribution in [0.3, 0.4) is 0 Å². The summed E-state index contributed by atoms with van der Waals surface area (Å²) in [4.78, 5) is 43.8. The third kappa shape index (κ3) is 8.09. The Hall–Kier alpha value is -4.60. The number of pyridine rings is 3. The average Bonchev–Trinajstić information content (AvgIpc) is 3.09. The number of ether oxygens (including phenoxy) is 2. The second-order valence-corrected chi connectivity index (χ2v) is 13.2. The summed E-state index contributed by atoms with van der Waals surface area (Å²) < 4.78 is 14.5. The monoisotopic (exact) mass is 725 g/mol. The number of ketones is 2.